The molecule has 0 saturated carbocycles. The summed E-state index contributed by atoms with van der Waals surface area (Å²) >= 11 is -12.3. The van der Waals surface area contributed by atoms with Crippen LogP contribution >= 0.6 is 0 Å². The fourth-order valence-electron chi connectivity index (χ4n) is 0. The van der Waals surface area contributed by atoms with Crippen molar-refractivity contribution in [3.05, 3.63) is 0 Å². The second-order valence-electron chi connectivity index (χ2n) is 0.816. The Kier molecular flexibility index (Phi) is 11.2. The van der Waals surface area contributed by atoms with Crippen LogP contribution in [0.4, 0.5) is 0 Å². The van der Waals surface area contributed by atoms with Crippen molar-refractivity contribution >= 4 is 0 Å². The van der Waals surface area contributed by atoms with E-state index in [0.29, 0.717) is 0 Å². The molecule has 11 heavy (non-hydrogen) atoms. The predicted octanol–water partition coefficient (Wildman–Crippen LogP) is -5.24. The Morgan fingerprint density at radius 3 is 0.636 bits per heavy atom. The molecule has 0 aromatic heterocycles. The Morgan fingerprint density at radius 2 is 0.636 bits per heavy atom. The molecule has 0 unspecified atom stereocenters. The van der Waals surface area contributed by atoms with Crippen molar-refractivity contribution in [2.75, 3.05) is 0 Å². The van der Waals surface area contributed by atoms with Gasteiger partial charge < -0.3 is 0 Å². The average molecular weight is 587 g/mol. The molecule has 0 N–H and O–H groups in total. The third-order valence-electron chi connectivity index (χ3n) is 0. The smallest absolute Gasteiger partial charge is 0 e. The summed E-state index contributed by atoms with van der Waals surface area (Å²) in [7, 11) is 0. The Balaban J connectivity index is -0.000000107. The van der Waals surface area contributed by atoms with Crippen molar-refractivity contribution in [1.29, 1.82) is 0 Å². The van der Waals surface area contributed by atoms with E-state index >= 15 is 0 Å². The van der Waals surface area contributed by atoms with Gasteiger partial charge in [0.1, 0.15) is 0 Å². The van der Waals surface area contributed by atoms with E-state index in [-0.39, 0.29) is 26.2 Å². The van der Waals surface area contributed by atoms with E-state index in [2.05, 4.69) is 0 Å². The van der Waals surface area contributed by atoms with Crippen LogP contribution in [0, 0.1) is 0 Å². The van der Waals surface area contributed by atoms with Crippen LogP contribution in [0.1, 0.15) is 0 Å². The van der Waals surface area contributed by atoms with E-state index in [0.717, 1.165) is 0 Å². The summed E-state index contributed by atoms with van der Waals surface area (Å²) < 4.78 is 69.2. The molecule has 0 heterocycles. The molecule has 0 fully saturated rings. The van der Waals surface area contributed by atoms with Gasteiger partial charge in [-0.15, -0.1) is 0 Å². The number of hydrogen-bond donors (Lipinski definition) is 0. The molecule has 8 nitrogen and oxygen atoms in total. The Labute approximate surface area is 87.4 Å². The summed E-state index contributed by atoms with van der Waals surface area (Å²) in [5.74, 6) is 0. The summed E-state index contributed by atoms with van der Waals surface area (Å²) in [4.78, 5) is 0. The Hall–Kier alpha value is 1.30. The first kappa shape index (κ1) is 18.2. The van der Waals surface area contributed by atoms with Gasteiger partial charge in [0.15, 0.2) is 0 Å². The maximum Gasteiger partial charge on any atom is 0 e. The number of hydrogen-bond acceptors (Lipinski definition) is 8. The minimum atomic E-state index is -6.17. The van der Waals surface area contributed by atoms with Crippen LogP contribution in [0.15, 0.2) is 0 Å². The Bertz CT molecular complexity index is 208. The third kappa shape index (κ3) is 578. The zero-order valence-corrected chi connectivity index (χ0v) is 12.9. The summed E-state index contributed by atoms with van der Waals surface area (Å²) in [5.41, 5.74) is 0. The van der Waals surface area contributed by atoms with Gasteiger partial charge in [-0.2, -0.15) is 0 Å². The van der Waals surface area contributed by atoms with Crippen molar-refractivity contribution in [3.63, 3.8) is 0 Å². The molecule has 0 bridgehead atoms. The van der Waals surface area contributed by atoms with Crippen LogP contribution in [0.3, 0.4) is 0 Å². The SMILES string of the molecule is [O]=[W](=[O])([O-])[O-].[O]=[W](=[O])([O-])[O-].[Zr]. The summed E-state index contributed by atoms with van der Waals surface area (Å²) in [6.45, 7) is 0. The molecule has 0 aliphatic heterocycles. The van der Waals surface area contributed by atoms with Crippen LogP contribution in [0.25, 0.3) is 0 Å². The molecule has 0 saturated heterocycles. The maximum absolute atomic E-state index is 8.65. The predicted molar refractivity (Wildman–Crippen MR) is 2.75 cm³/mol. The van der Waals surface area contributed by atoms with Crippen molar-refractivity contribution < 1.29 is 88.3 Å². The summed E-state index contributed by atoms with van der Waals surface area (Å²) in [6.07, 6.45) is 0. The van der Waals surface area contributed by atoms with Crippen LogP contribution in [-0.4, -0.2) is 0 Å². The van der Waals surface area contributed by atoms with Crippen LogP contribution in [0.5, 0.6) is 0 Å². The van der Waals surface area contributed by atoms with Crippen molar-refractivity contribution in [3.8, 4) is 0 Å². The van der Waals surface area contributed by atoms with Gasteiger partial charge in [0.05, 0.1) is 0 Å². The van der Waals surface area contributed by atoms with Gasteiger partial charge in [0.25, 0.3) is 0 Å². The van der Waals surface area contributed by atoms with Gasteiger partial charge in [-0.05, 0) is 0 Å². The molecule has 0 rings (SSSR count). The standard InChI is InChI=1S/8O.2W.Zr/q;;;;4*-1;;;. The van der Waals surface area contributed by atoms with Gasteiger partial charge in [0, 0.05) is 26.2 Å². The first-order valence-corrected chi connectivity index (χ1v) is 10.9. The average Bonchev–Trinajstić information content (AvgIpc) is 1.12. The molecule has 68 valence electrons. The molecule has 0 aliphatic carbocycles. The van der Waals surface area contributed by atoms with Gasteiger partial charge in [0.2, 0.25) is 0 Å². The van der Waals surface area contributed by atoms with E-state index in [9.17, 15) is 0 Å². The minimum absolute atomic E-state index is 0. The monoisotopic (exact) mass is 586 g/mol. The molecule has 0 atom stereocenters. The van der Waals surface area contributed by atoms with Crippen molar-refractivity contribution in [2.45, 2.75) is 0 Å². The molecule has 11 heteroatoms. The molecule has 0 aliphatic rings. The molecular weight excluding hydrogens is 587 g/mol. The maximum atomic E-state index is 8.65. The second kappa shape index (κ2) is 6.78. The second-order valence-corrected chi connectivity index (χ2v) is 6.68. The summed E-state index contributed by atoms with van der Waals surface area (Å²) in [5, 5.41) is 0. The topological polar surface area (TPSA) is 161 Å². The van der Waals surface area contributed by atoms with Gasteiger partial charge >= 0.3 is 62.1 Å². The van der Waals surface area contributed by atoms with Crippen LogP contribution in [-0.2, 0) is 73.3 Å². The van der Waals surface area contributed by atoms with E-state index in [4.69, 9.17) is 28.6 Å². The number of rotatable bonds is 0. The zero-order valence-electron chi connectivity index (χ0n) is 4.58. The zero-order chi connectivity index (χ0) is 9.00. The van der Waals surface area contributed by atoms with Gasteiger partial charge in [-0.25, -0.2) is 0 Å². The fourth-order valence-corrected chi connectivity index (χ4v) is 0. The van der Waals surface area contributed by atoms with Gasteiger partial charge in [-0.3, -0.25) is 0 Å². The van der Waals surface area contributed by atoms with E-state index in [1.807, 2.05) is 0 Å². The first-order chi connectivity index (χ1) is 4.00. The molecule has 0 aromatic carbocycles. The molecule has 0 aromatic rings. The fraction of sp³-hybridized carbons (Fsp3) is 0. The largest absolute Gasteiger partial charge is 0 e. The third-order valence-corrected chi connectivity index (χ3v) is 0. The van der Waals surface area contributed by atoms with Crippen LogP contribution < -0.4 is 15.0 Å². The van der Waals surface area contributed by atoms with Gasteiger partial charge in [-0.1, -0.05) is 0 Å². The summed E-state index contributed by atoms with van der Waals surface area (Å²) in [6, 6.07) is 0. The Morgan fingerprint density at radius 1 is 0.636 bits per heavy atom. The molecular formula is O8W2Zr-4. The molecule has 0 amide bonds. The van der Waals surface area contributed by atoms with Crippen molar-refractivity contribution in [2.24, 2.45) is 0 Å². The minimum Gasteiger partial charge on any atom is 0 e. The first-order valence-electron chi connectivity index (χ1n) is 1.33. The normalized spacial score (nSPS) is 10.5. The van der Waals surface area contributed by atoms with E-state index in [1.54, 1.807) is 0 Å². The quantitative estimate of drug-likeness (QED) is 0.272. The van der Waals surface area contributed by atoms with Crippen molar-refractivity contribution in [1.82, 2.24) is 0 Å². The van der Waals surface area contributed by atoms with E-state index < -0.39 is 33.5 Å². The molecule has 0 spiro atoms. The van der Waals surface area contributed by atoms with E-state index in [1.165, 1.54) is 0 Å². The van der Waals surface area contributed by atoms with Crippen LogP contribution in [0.2, 0.25) is 0 Å². The molecule has 0 radical (unpaired) electrons.